The number of amides is 3. The Hall–Kier alpha value is -2.14. The van der Waals surface area contributed by atoms with Gasteiger partial charge in [0.1, 0.15) is 5.54 Å². The molecule has 0 aromatic heterocycles. The van der Waals surface area contributed by atoms with E-state index in [0.717, 1.165) is 52.1 Å². The van der Waals surface area contributed by atoms with E-state index >= 15 is 0 Å². The van der Waals surface area contributed by atoms with E-state index in [1.807, 2.05) is 13.0 Å². The molecule has 1 atom stereocenters. The molecular formula is C23H29ClN4O3. The Labute approximate surface area is 188 Å². The Morgan fingerprint density at radius 1 is 1.19 bits per heavy atom. The highest BCUT2D eigenvalue weighted by molar-refractivity contribution is 6.31. The number of rotatable bonds is 4. The van der Waals surface area contributed by atoms with Crippen molar-refractivity contribution in [2.75, 3.05) is 44.3 Å². The van der Waals surface area contributed by atoms with Gasteiger partial charge in [0.05, 0.1) is 17.3 Å². The molecule has 1 spiro atoms. The van der Waals surface area contributed by atoms with Gasteiger partial charge in [-0.3, -0.25) is 4.79 Å². The molecule has 3 heterocycles. The molecular weight excluding hydrogens is 416 g/mol. The van der Waals surface area contributed by atoms with E-state index < -0.39 is 5.54 Å². The number of likely N-dealkylation sites (tertiary alicyclic amines) is 1. The molecule has 7 nitrogen and oxygen atoms in total. The van der Waals surface area contributed by atoms with Crippen LogP contribution in [0.15, 0.2) is 18.2 Å². The van der Waals surface area contributed by atoms with Gasteiger partial charge in [-0.1, -0.05) is 11.6 Å². The van der Waals surface area contributed by atoms with E-state index in [9.17, 15) is 14.9 Å². The molecule has 1 aromatic carbocycles. The molecule has 3 saturated heterocycles. The molecule has 0 bridgehead atoms. The van der Waals surface area contributed by atoms with Gasteiger partial charge in [-0.15, -0.1) is 0 Å². The maximum Gasteiger partial charge on any atom is 0.332 e. The minimum absolute atomic E-state index is 0.196. The topological polar surface area (TPSA) is 76.9 Å². The third-order valence-corrected chi connectivity index (χ3v) is 7.11. The predicted octanol–water partition coefficient (Wildman–Crippen LogP) is 3.65. The van der Waals surface area contributed by atoms with Gasteiger partial charge in [-0.05, 0) is 69.7 Å². The van der Waals surface area contributed by atoms with Crippen LogP contribution in [0.4, 0.5) is 10.5 Å². The van der Waals surface area contributed by atoms with Crippen molar-refractivity contribution < 1.29 is 14.3 Å². The van der Waals surface area contributed by atoms with Crippen LogP contribution in [0.5, 0.6) is 0 Å². The number of halogens is 1. The molecule has 3 fully saturated rings. The molecule has 166 valence electrons. The van der Waals surface area contributed by atoms with Crippen LogP contribution < -0.4 is 4.90 Å². The van der Waals surface area contributed by atoms with Crippen LogP contribution in [0.25, 0.3) is 0 Å². The summed E-state index contributed by atoms with van der Waals surface area (Å²) in [6.45, 7) is 6.80. The van der Waals surface area contributed by atoms with Gasteiger partial charge in [0, 0.05) is 37.9 Å². The number of nitrogens with zero attached hydrogens (tertiary/aromatic N) is 4. The smallest absolute Gasteiger partial charge is 0.332 e. The zero-order valence-electron chi connectivity index (χ0n) is 18.0. The molecule has 0 N–H and O–H groups in total. The number of carbonyl (C=O) groups is 2. The number of carbonyl (C=O) groups excluding carboxylic acids is 2. The van der Waals surface area contributed by atoms with Crippen molar-refractivity contribution in [3.8, 4) is 6.07 Å². The minimum atomic E-state index is -0.828. The van der Waals surface area contributed by atoms with Crippen molar-refractivity contribution in [3.63, 3.8) is 0 Å². The molecule has 4 rings (SSSR count). The number of urea groups is 1. The van der Waals surface area contributed by atoms with Crippen molar-refractivity contribution in [1.82, 2.24) is 9.80 Å². The second-order valence-electron chi connectivity index (χ2n) is 8.72. The maximum absolute atomic E-state index is 13.7. The van der Waals surface area contributed by atoms with Crippen LogP contribution in [0.2, 0.25) is 5.02 Å². The van der Waals surface area contributed by atoms with Crippen molar-refractivity contribution in [2.45, 2.75) is 44.6 Å². The minimum Gasteiger partial charge on any atom is -0.381 e. The first-order chi connectivity index (χ1) is 15.0. The molecule has 1 unspecified atom stereocenters. The Balaban J connectivity index is 1.57. The SMILES string of the molecule is CCN1C(=O)N(c2cc(Cl)cc(C#N)c2)C(=O)C12CCCN(CC1CCOCC1)CC2. The summed E-state index contributed by atoms with van der Waals surface area (Å²) >= 11 is 6.16. The average molecular weight is 445 g/mol. The second-order valence-corrected chi connectivity index (χ2v) is 9.16. The normalized spacial score (nSPS) is 25.8. The highest BCUT2D eigenvalue weighted by atomic mass is 35.5. The molecule has 8 heteroatoms. The lowest BCUT2D eigenvalue weighted by Crippen LogP contribution is -2.50. The molecule has 0 aliphatic carbocycles. The van der Waals surface area contributed by atoms with Gasteiger partial charge in [0.25, 0.3) is 5.91 Å². The van der Waals surface area contributed by atoms with Gasteiger partial charge < -0.3 is 14.5 Å². The van der Waals surface area contributed by atoms with Crippen LogP contribution in [0.3, 0.4) is 0 Å². The van der Waals surface area contributed by atoms with E-state index in [1.54, 1.807) is 17.0 Å². The Kier molecular flexibility index (Phi) is 6.52. The fourth-order valence-electron chi connectivity index (χ4n) is 5.28. The van der Waals surface area contributed by atoms with Crippen molar-refractivity contribution in [1.29, 1.82) is 5.26 Å². The van der Waals surface area contributed by atoms with Crippen molar-refractivity contribution >= 4 is 29.2 Å². The summed E-state index contributed by atoms with van der Waals surface area (Å²) in [4.78, 5) is 32.4. The van der Waals surface area contributed by atoms with Gasteiger partial charge in [0.15, 0.2) is 0 Å². The van der Waals surface area contributed by atoms with E-state index in [0.29, 0.717) is 41.6 Å². The summed E-state index contributed by atoms with van der Waals surface area (Å²) in [5.41, 5.74) is -0.126. The Morgan fingerprint density at radius 2 is 1.97 bits per heavy atom. The first kappa shape index (κ1) is 22.1. The molecule has 3 aliphatic heterocycles. The van der Waals surface area contributed by atoms with Crippen LogP contribution in [0.1, 0.15) is 44.6 Å². The third-order valence-electron chi connectivity index (χ3n) is 6.89. The van der Waals surface area contributed by atoms with Gasteiger partial charge in [0.2, 0.25) is 0 Å². The summed E-state index contributed by atoms with van der Waals surface area (Å²) in [5.74, 6) is 0.441. The number of anilines is 1. The van der Waals surface area contributed by atoms with E-state index in [-0.39, 0.29) is 11.9 Å². The van der Waals surface area contributed by atoms with Crippen molar-refractivity contribution in [3.05, 3.63) is 28.8 Å². The zero-order chi connectivity index (χ0) is 22.0. The maximum atomic E-state index is 13.7. The highest BCUT2D eigenvalue weighted by Crippen LogP contribution is 2.40. The fourth-order valence-corrected chi connectivity index (χ4v) is 5.51. The predicted molar refractivity (Wildman–Crippen MR) is 118 cm³/mol. The number of ether oxygens (including phenoxy) is 1. The summed E-state index contributed by atoms with van der Waals surface area (Å²) < 4.78 is 5.48. The summed E-state index contributed by atoms with van der Waals surface area (Å²) in [6.07, 6.45) is 4.31. The number of nitriles is 1. The molecule has 1 aromatic rings. The zero-order valence-corrected chi connectivity index (χ0v) is 18.7. The number of benzene rings is 1. The standard InChI is InChI=1S/C23H29ClN4O3/c1-2-27-22(30)28(20-13-18(15-25)12-19(24)14-20)21(29)23(27)6-3-8-26(9-7-23)16-17-4-10-31-11-5-17/h12-14,17H,2-11,16H2,1H3. The van der Waals surface area contributed by atoms with Gasteiger partial charge >= 0.3 is 6.03 Å². The van der Waals surface area contributed by atoms with Crippen molar-refractivity contribution in [2.24, 2.45) is 5.92 Å². The van der Waals surface area contributed by atoms with Crippen LogP contribution in [0, 0.1) is 17.2 Å². The lowest BCUT2D eigenvalue weighted by molar-refractivity contribution is -0.125. The first-order valence-electron chi connectivity index (χ1n) is 11.2. The summed E-state index contributed by atoms with van der Waals surface area (Å²) in [7, 11) is 0. The molecule has 3 aliphatic rings. The molecule has 0 saturated carbocycles. The molecule has 31 heavy (non-hydrogen) atoms. The molecule has 0 radical (unpaired) electrons. The first-order valence-corrected chi connectivity index (χ1v) is 11.5. The average Bonchev–Trinajstić information content (AvgIpc) is 2.88. The number of hydrogen-bond donors (Lipinski definition) is 0. The second kappa shape index (κ2) is 9.15. The quantitative estimate of drug-likeness (QED) is 0.662. The fraction of sp³-hybridized carbons (Fsp3) is 0.609. The third kappa shape index (κ3) is 4.17. The highest BCUT2D eigenvalue weighted by Gasteiger charge is 2.57. The molecule has 3 amide bonds. The van der Waals surface area contributed by atoms with E-state index in [2.05, 4.69) is 4.90 Å². The lowest BCUT2D eigenvalue weighted by atomic mass is 9.88. The number of imide groups is 1. The largest absolute Gasteiger partial charge is 0.381 e. The van der Waals surface area contributed by atoms with Crippen LogP contribution in [-0.4, -0.2) is 66.7 Å². The van der Waals surface area contributed by atoms with Crippen LogP contribution in [-0.2, 0) is 9.53 Å². The van der Waals surface area contributed by atoms with Crippen LogP contribution >= 0.6 is 11.6 Å². The summed E-state index contributed by atoms with van der Waals surface area (Å²) in [5, 5.41) is 9.62. The van der Waals surface area contributed by atoms with Gasteiger partial charge in [-0.25, -0.2) is 9.69 Å². The monoisotopic (exact) mass is 444 g/mol. The number of likely N-dealkylation sites (N-methyl/N-ethyl adjacent to an activating group) is 1. The lowest BCUT2D eigenvalue weighted by Gasteiger charge is -2.34. The number of hydrogen-bond acceptors (Lipinski definition) is 5. The Morgan fingerprint density at radius 3 is 2.68 bits per heavy atom. The Bertz CT molecular complexity index is 895. The van der Waals surface area contributed by atoms with Gasteiger partial charge in [-0.2, -0.15) is 5.26 Å². The summed E-state index contributed by atoms with van der Waals surface area (Å²) in [6, 6.07) is 6.40. The van der Waals surface area contributed by atoms with E-state index in [4.69, 9.17) is 16.3 Å². The van der Waals surface area contributed by atoms with E-state index in [1.165, 1.54) is 11.0 Å².